The summed E-state index contributed by atoms with van der Waals surface area (Å²) < 4.78 is 1.65. The Morgan fingerprint density at radius 3 is 2.93 bits per heavy atom. The van der Waals surface area contributed by atoms with Crippen molar-refractivity contribution >= 4 is 5.91 Å². The van der Waals surface area contributed by atoms with Crippen LogP contribution in [0.2, 0.25) is 0 Å². The highest BCUT2D eigenvalue weighted by molar-refractivity contribution is 5.89. The quantitative estimate of drug-likeness (QED) is 0.690. The van der Waals surface area contributed by atoms with Gasteiger partial charge in [0, 0.05) is 6.20 Å². The maximum Gasteiger partial charge on any atom is 0.284 e. The van der Waals surface area contributed by atoms with Crippen molar-refractivity contribution in [3.05, 3.63) is 18.2 Å². The molecule has 1 fully saturated rings. The molecule has 2 rings (SSSR count). The molecule has 1 heterocycles. The van der Waals surface area contributed by atoms with Gasteiger partial charge in [0.05, 0.1) is 12.1 Å². The lowest BCUT2D eigenvalue weighted by Gasteiger charge is -2.42. The molecule has 1 radical (unpaired) electrons. The van der Waals surface area contributed by atoms with Crippen LogP contribution in [0.25, 0.3) is 0 Å². The summed E-state index contributed by atoms with van der Waals surface area (Å²) in [5.74, 6) is -0.398. The molecular formula is C9H12N3O2. The first kappa shape index (κ1) is 9.21. The van der Waals surface area contributed by atoms with Crippen molar-refractivity contribution in [2.24, 2.45) is 5.73 Å². The van der Waals surface area contributed by atoms with Gasteiger partial charge in [-0.2, -0.15) is 0 Å². The van der Waals surface area contributed by atoms with Crippen LogP contribution >= 0.6 is 0 Å². The molecule has 1 saturated carbocycles. The van der Waals surface area contributed by atoms with Gasteiger partial charge in [0.25, 0.3) is 5.91 Å². The highest BCUT2D eigenvalue weighted by Gasteiger charge is 2.40. The summed E-state index contributed by atoms with van der Waals surface area (Å²) in [5.41, 5.74) is 4.80. The molecule has 0 saturated heterocycles. The molecule has 0 bridgehead atoms. The smallest absolute Gasteiger partial charge is 0.284 e. The van der Waals surface area contributed by atoms with Gasteiger partial charge >= 0.3 is 0 Å². The van der Waals surface area contributed by atoms with Gasteiger partial charge in [-0.25, -0.2) is 4.98 Å². The maximum absolute atomic E-state index is 11.0. The van der Waals surface area contributed by atoms with Gasteiger partial charge in [-0.3, -0.25) is 4.79 Å². The fourth-order valence-electron chi connectivity index (χ4n) is 1.86. The summed E-state index contributed by atoms with van der Waals surface area (Å²) >= 11 is 0. The van der Waals surface area contributed by atoms with E-state index in [4.69, 9.17) is 5.73 Å². The van der Waals surface area contributed by atoms with E-state index < -0.39 is 5.91 Å². The monoisotopic (exact) mass is 194 g/mol. The highest BCUT2D eigenvalue weighted by atomic mass is 16.3. The number of carbonyl (C=O) groups excluding carboxylic acids is 1. The average Bonchev–Trinajstić information content (AvgIpc) is 2.52. The lowest BCUT2D eigenvalue weighted by atomic mass is 9.77. The predicted molar refractivity (Wildman–Crippen MR) is 48.5 cm³/mol. The topological polar surface area (TPSA) is 81.1 Å². The third kappa shape index (κ3) is 1.13. The first-order valence-corrected chi connectivity index (χ1v) is 4.56. The molecule has 0 unspecified atom stereocenters. The number of aliphatic hydroxyl groups excluding tert-OH is 1. The number of aliphatic hydroxyl groups is 1. The molecule has 1 aliphatic rings. The van der Waals surface area contributed by atoms with Crippen LogP contribution in [0.5, 0.6) is 0 Å². The molecule has 3 N–H and O–H groups in total. The number of primary amides is 1. The zero-order chi connectivity index (χ0) is 10.2. The standard InChI is InChI=1S/C9H12N3O2/c10-7(14)8-11-4-5-12(8)9(6-13)2-1-3-9/h5,13H,1-3,6H2,(H2,10,14). The van der Waals surface area contributed by atoms with Crippen LogP contribution in [0.4, 0.5) is 0 Å². The zero-order valence-corrected chi connectivity index (χ0v) is 7.73. The molecule has 5 heteroatoms. The van der Waals surface area contributed by atoms with Crippen molar-refractivity contribution in [3.63, 3.8) is 0 Å². The Morgan fingerprint density at radius 2 is 2.50 bits per heavy atom. The molecule has 0 aliphatic heterocycles. The summed E-state index contributed by atoms with van der Waals surface area (Å²) in [6.45, 7) is 0.0114. The van der Waals surface area contributed by atoms with E-state index in [-0.39, 0.29) is 18.0 Å². The maximum atomic E-state index is 11.0. The van der Waals surface area contributed by atoms with Crippen molar-refractivity contribution in [2.45, 2.75) is 24.8 Å². The second kappa shape index (κ2) is 3.09. The van der Waals surface area contributed by atoms with E-state index in [2.05, 4.69) is 11.2 Å². The van der Waals surface area contributed by atoms with Crippen LogP contribution in [-0.4, -0.2) is 27.2 Å². The van der Waals surface area contributed by atoms with Crippen molar-refractivity contribution in [3.8, 4) is 0 Å². The summed E-state index contributed by atoms with van der Waals surface area (Å²) in [6.07, 6.45) is 6.93. The van der Waals surface area contributed by atoms with Gasteiger partial charge in [-0.1, -0.05) is 0 Å². The van der Waals surface area contributed by atoms with Crippen LogP contribution in [-0.2, 0) is 5.54 Å². The lowest BCUT2D eigenvalue weighted by molar-refractivity contribution is 0.0514. The number of amides is 1. The summed E-state index contributed by atoms with van der Waals surface area (Å²) in [7, 11) is 0. The second-order valence-corrected chi connectivity index (χ2v) is 3.66. The Morgan fingerprint density at radius 1 is 1.79 bits per heavy atom. The van der Waals surface area contributed by atoms with Crippen LogP contribution in [0.1, 0.15) is 29.9 Å². The van der Waals surface area contributed by atoms with Crippen LogP contribution < -0.4 is 5.73 Å². The number of nitrogens with zero attached hydrogens (tertiary/aromatic N) is 2. The highest BCUT2D eigenvalue weighted by Crippen LogP contribution is 2.39. The fourth-order valence-corrected chi connectivity index (χ4v) is 1.86. The SMILES string of the molecule is NC(=O)c1n[c]cn1C1(CO)CCC1. The van der Waals surface area contributed by atoms with Gasteiger partial charge < -0.3 is 15.4 Å². The number of imidazole rings is 1. The Bertz CT molecular complexity index is 349. The Balaban J connectivity index is 2.39. The molecule has 5 nitrogen and oxygen atoms in total. The average molecular weight is 194 g/mol. The van der Waals surface area contributed by atoms with Crippen molar-refractivity contribution in [1.29, 1.82) is 0 Å². The van der Waals surface area contributed by atoms with E-state index in [1.165, 1.54) is 0 Å². The van der Waals surface area contributed by atoms with Gasteiger partial charge in [-0.05, 0) is 19.3 Å². The van der Waals surface area contributed by atoms with Crippen LogP contribution in [0.15, 0.2) is 6.20 Å². The molecular weight excluding hydrogens is 182 g/mol. The number of hydrogen-bond donors (Lipinski definition) is 2. The number of nitrogens with two attached hydrogens (primary N) is 1. The lowest BCUT2D eigenvalue weighted by Crippen LogP contribution is -2.45. The van der Waals surface area contributed by atoms with Crippen molar-refractivity contribution in [2.75, 3.05) is 6.61 Å². The van der Waals surface area contributed by atoms with Gasteiger partial charge in [0.1, 0.15) is 6.20 Å². The fraction of sp³-hybridized carbons (Fsp3) is 0.556. The minimum Gasteiger partial charge on any atom is -0.394 e. The summed E-state index contributed by atoms with van der Waals surface area (Å²) in [4.78, 5) is 14.8. The van der Waals surface area contributed by atoms with E-state index in [0.29, 0.717) is 0 Å². The summed E-state index contributed by atoms with van der Waals surface area (Å²) in [6, 6.07) is 0. The van der Waals surface area contributed by atoms with E-state index in [0.717, 1.165) is 19.3 Å². The van der Waals surface area contributed by atoms with Gasteiger partial charge in [0.2, 0.25) is 0 Å². The van der Waals surface area contributed by atoms with E-state index in [1.54, 1.807) is 10.8 Å². The second-order valence-electron chi connectivity index (χ2n) is 3.66. The number of aromatic nitrogens is 2. The van der Waals surface area contributed by atoms with Gasteiger partial charge in [-0.15, -0.1) is 0 Å². The van der Waals surface area contributed by atoms with Crippen LogP contribution in [0, 0.1) is 6.20 Å². The number of hydrogen-bond acceptors (Lipinski definition) is 3. The minimum absolute atomic E-state index is 0.0114. The largest absolute Gasteiger partial charge is 0.394 e. The Kier molecular flexibility index (Phi) is 2.03. The predicted octanol–water partition coefficient (Wildman–Crippen LogP) is -0.346. The molecule has 0 atom stereocenters. The Labute approximate surface area is 81.5 Å². The number of rotatable bonds is 3. The van der Waals surface area contributed by atoms with Gasteiger partial charge in [0.15, 0.2) is 5.82 Å². The number of carbonyl (C=O) groups is 1. The molecule has 75 valence electrons. The third-order valence-electron chi connectivity index (χ3n) is 2.90. The van der Waals surface area contributed by atoms with Crippen molar-refractivity contribution in [1.82, 2.24) is 9.55 Å². The van der Waals surface area contributed by atoms with Crippen molar-refractivity contribution < 1.29 is 9.90 Å². The molecule has 1 amide bonds. The van der Waals surface area contributed by atoms with Crippen LogP contribution in [0.3, 0.4) is 0 Å². The van der Waals surface area contributed by atoms with E-state index in [9.17, 15) is 9.90 Å². The molecule has 1 aromatic heterocycles. The molecule has 1 aromatic rings. The van der Waals surface area contributed by atoms with E-state index in [1.807, 2.05) is 0 Å². The molecule has 1 aliphatic carbocycles. The normalized spacial score (nSPS) is 18.9. The summed E-state index contributed by atoms with van der Waals surface area (Å²) in [5, 5.41) is 9.30. The first-order valence-electron chi connectivity index (χ1n) is 4.56. The molecule has 0 aromatic carbocycles. The molecule has 0 spiro atoms. The first-order chi connectivity index (χ1) is 6.69. The molecule has 14 heavy (non-hydrogen) atoms. The van der Waals surface area contributed by atoms with E-state index >= 15 is 0 Å². The Hall–Kier alpha value is -1.36. The third-order valence-corrected chi connectivity index (χ3v) is 2.90. The minimum atomic E-state index is -0.578. The zero-order valence-electron chi connectivity index (χ0n) is 7.73.